The van der Waals surface area contributed by atoms with Crippen LogP contribution in [-0.4, -0.2) is 9.97 Å². The maximum atomic E-state index is 6.24. The van der Waals surface area contributed by atoms with Crippen LogP contribution in [0.15, 0.2) is 42.7 Å². The van der Waals surface area contributed by atoms with Crippen LogP contribution in [0.1, 0.15) is 11.1 Å². The van der Waals surface area contributed by atoms with Gasteiger partial charge in [-0.3, -0.25) is 0 Å². The summed E-state index contributed by atoms with van der Waals surface area (Å²) in [5, 5.41) is 7.76. The first-order valence-corrected chi connectivity index (χ1v) is 8.37. The van der Waals surface area contributed by atoms with E-state index in [2.05, 4.69) is 20.6 Å². The molecule has 0 atom stereocenters. The predicted octanol–water partition coefficient (Wildman–Crippen LogP) is 5.47. The van der Waals surface area contributed by atoms with Crippen molar-refractivity contribution >= 4 is 51.9 Å². The molecule has 128 valence electrons. The van der Waals surface area contributed by atoms with Crippen LogP contribution in [-0.2, 0) is 0 Å². The van der Waals surface area contributed by atoms with Gasteiger partial charge in [-0.25, -0.2) is 9.97 Å². The number of rotatable bonds is 4. The minimum absolute atomic E-state index is 0.404. The highest BCUT2D eigenvalue weighted by Crippen LogP contribution is 2.32. The molecule has 4 N–H and O–H groups in total. The molecule has 0 amide bonds. The lowest BCUT2D eigenvalue weighted by molar-refractivity contribution is 1.17. The van der Waals surface area contributed by atoms with Gasteiger partial charge in [0, 0.05) is 21.4 Å². The number of hydrogen-bond acceptors (Lipinski definition) is 5. The highest BCUT2D eigenvalue weighted by molar-refractivity contribution is 6.32. The van der Waals surface area contributed by atoms with Gasteiger partial charge in [0.2, 0.25) is 0 Å². The molecule has 0 aliphatic heterocycles. The average Bonchev–Trinajstić information content (AvgIpc) is 2.59. The number of anilines is 5. The highest BCUT2D eigenvalue weighted by Gasteiger charge is 2.12. The minimum atomic E-state index is 0.404. The van der Waals surface area contributed by atoms with Crippen LogP contribution >= 0.6 is 23.2 Å². The molecule has 1 heterocycles. The number of halogens is 2. The van der Waals surface area contributed by atoms with Crippen molar-refractivity contribution in [2.45, 2.75) is 13.8 Å². The minimum Gasteiger partial charge on any atom is -0.393 e. The van der Waals surface area contributed by atoms with Crippen molar-refractivity contribution in [3.63, 3.8) is 0 Å². The molecule has 0 radical (unpaired) electrons. The zero-order valence-electron chi connectivity index (χ0n) is 13.8. The number of aromatic nitrogens is 2. The maximum Gasteiger partial charge on any atom is 0.159 e. The van der Waals surface area contributed by atoms with Crippen molar-refractivity contribution in [3.05, 3.63) is 63.9 Å². The SMILES string of the molecule is Cc1c(Cl)cccc1Nc1ncnc(Nc2cccc(Cl)c2C)c1N. The van der Waals surface area contributed by atoms with E-state index in [0.717, 1.165) is 22.5 Å². The Kier molecular flexibility index (Phi) is 4.97. The van der Waals surface area contributed by atoms with Gasteiger partial charge >= 0.3 is 0 Å². The predicted molar refractivity (Wildman–Crippen MR) is 105 cm³/mol. The molecule has 0 saturated carbocycles. The number of nitrogen functional groups attached to an aromatic ring is 1. The van der Waals surface area contributed by atoms with Crippen LogP contribution < -0.4 is 16.4 Å². The second-order valence-corrected chi connectivity index (χ2v) is 6.37. The zero-order chi connectivity index (χ0) is 18.0. The summed E-state index contributed by atoms with van der Waals surface area (Å²) in [5.74, 6) is 1.00. The lowest BCUT2D eigenvalue weighted by atomic mass is 10.2. The lowest BCUT2D eigenvalue weighted by Crippen LogP contribution is -2.06. The molecule has 3 aromatic rings. The monoisotopic (exact) mass is 373 g/mol. The number of hydrogen-bond donors (Lipinski definition) is 3. The Morgan fingerprint density at radius 3 is 1.68 bits per heavy atom. The smallest absolute Gasteiger partial charge is 0.159 e. The third-order valence-electron chi connectivity index (χ3n) is 3.93. The Morgan fingerprint density at radius 2 is 1.24 bits per heavy atom. The third-order valence-corrected chi connectivity index (χ3v) is 4.74. The van der Waals surface area contributed by atoms with Gasteiger partial charge < -0.3 is 16.4 Å². The number of nitrogens with two attached hydrogens (primary N) is 1. The Morgan fingerprint density at radius 1 is 0.800 bits per heavy atom. The fourth-order valence-corrected chi connectivity index (χ4v) is 2.68. The van der Waals surface area contributed by atoms with Gasteiger partial charge in [-0.1, -0.05) is 35.3 Å². The van der Waals surface area contributed by atoms with Gasteiger partial charge in [0.25, 0.3) is 0 Å². The fourth-order valence-electron chi connectivity index (χ4n) is 2.34. The standard InChI is InChI=1S/C18H17Cl2N5/c1-10-12(19)5-3-7-14(10)24-17-16(21)18(23-9-22-17)25-15-8-4-6-13(20)11(15)2/h3-9H,21H2,1-2H3,(H2,22,23,24,25). The quantitative estimate of drug-likeness (QED) is 0.565. The van der Waals surface area contributed by atoms with E-state index in [1.807, 2.05) is 50.2 Å². The van der Waals surface area contributed by atoms with E-state index in [1.54, 1.807) is 0 Å². The van der Waals surface area contributed by atoms with Gasteiger partial charge in [0.1, 0.15) is 12.0 Å². The van der Waals surface area contributed by atoms with Crippen molar-refractivity contribution in [2.24, 2.45) is 0 Å². The molecule has 0 spiro atoms. The van der Waals surface area contributed by atoms with Crippen molar-refractivity contribution in [2.75, 3.05) is 16.4 Å². The molecule has 0 saturated heterocycles. The van der Waals surface area contributed by atoms with E-state index in [9.17, 15) is 0 Å². The maximum absolute atomic E-state index is 6.24. The summed E-state index contributed by atoms with van der Waals surface area (Å²) in [4.78, 5) is 8.46. The fraction of sp³-hybridized carbons (Fsp3) is 0.111. The van der Waals surface area contributed by atoms with E-state index in [-0.39, 0.29) is 0 Å². The van der Waals surface area contributed by atoms with Crippen molar-refractivity contribution < 1.29 is 0 Å². The molecular formula is C18H17Cl2N5. The van der Waals surface area contributed by atoms with Crippen LogP contribution in [0.3, 0.4) is 0 Å². The summed E-state index contributed by atoms with van der Waals surface area (Å²) in [6.45, 7) is 3.85. The molecule has 0 aliphatic carbocycles. The zero-order valence-corrected chi connectivity index (χ0v) is 15.3. The van der Waals surface area contributed by atoms with Crippen molar-refractivity contribution in [1.82, 2.24) is 9.97 Å². The van der Waals surface area contributed by atoms with Gasteiger partial charge in [0.15, 0.2) is 11.6 Å². The Labute approximate surface area is 156 Å². The molecular weight excluding hydrogens is 357 g/mol. The van der Waals surface area contributed by atoms with Crippen LogP contribution in [0.25, 0.3) is 0 Å². The number of nitrogens with one attached hydrogen (secondary N) is 2. The van der Waals surface area contributed by atoms with Gasteiger partial charge in [0.05, 0.1) is 0 Å². The Balaban J connectivity index is 1.92. The molecule has 0 aliphatic rings. The first-order valence-electron chi connectivity index (χ1n) is 7.62. The van der Waals surface area contributed by atoms with Crippen LogP contribution in [0.4, 0.5) is 28.7 Å². The summed E-state index contributed by atoms with van der Waals surface area (Å²) >= 11 is 12.3. The van der Waals surface area contributed by atoms with Crippen LogP contribution in [0.5, 0.6) is 0 Å². The largest absolute Gasteiger partial charge is 0.393 e. The van der Waals surface area contributed by atoms with E-state index in [0.29, 0.717) is 27.4 Å². The molecule has 5 nitrogen and oxygen atoms in total. The summed E-state index contributed by atoms with van der Waals surface area (Å²) in [6.07, 6.45) is 1.45. The molecule has 0 unspecified atom stereocenters. The first kappa shape index (κ1) is 17.3. The second-order valence-electron chi connectivity index (χ2n) is 5.56. The van der Waals surface area contributed by atoms with Gasteiger partial charge in [-0.05, 0) is 49.2 Å². The number of nitrogens with zero attached hydrogens (tertiary/aromatic N) is 2. The van der Waals surface area contributed by atoms with Crippen LogP contribution in [0, 0.1) is 13.8 Å². The second kappa shape index (κ2) is 7.17. The molecule has 25 heavy (non-hydrogen) atoms. The van der Waals surface area contributed by atoms with E-state index in [4.69, 9.17) is 28.9 Å². The molecule has 1 aromatic heterocycles. The molecule has 3 rings (SSSR count). The normalized spacial score (nSPS) is 10.6. The van der Waals surface area contributed by atoms with E-state index < -0.39 is 0 Å². The highest BCUT2D eigenvalue weighted by atomic mass is 35.5. The summed E-state index contributed by atoms with van der Waals surface area (Å²) in [7, 11) is 0. The third kappa shape index (κ3) is 3.62. The summed E-state index contributed by atoms with van der Waals surface area (Å²) < 4.78 is 0. The van der Waals surface area contributed by atoms with Gasteiger partial charge in [-0.15, -0.1) is 0 Å². The topological polar surface area (TPSA) is 75.9 Å². The van der Waals surface area contributed by atoms with E-state index >= 15 is 0 Å². The van der Waals surface area contributed by atoms with Crippen LogP contribution in [0.2, 0.25) is 10.0 Å². The van der Waals surface area contributed by atoms with Gasteiger partial charge in [-0.2, -0.15) is 0 Å². The molecule has 0 fully saturated rings. The summed E-state index contributed by atoms with van der Waals surface area (Å²) in [6, 6.07) is 11.2. The first-order chi connectivity index (χ1) is 12.0. The lowest BCUT2D eigenvalue weighted by Gasteiger charge is -2.15. The average molecular weight is 374 g/mol. The van der Waals surface area contributed by atoms with E-state index in [1.165, 1.54) is 6.33 Å². The Bertz CT molecular complexity index is 856. The van der Waals surface area contributed by atoms with Crippen molar-refractivity contribution in [1.29, 1.82) is 0 Å². The molecule has 2 aromatic carbocycles. The van der Waals surface area contributed by atoms with Crippen molar-refractivity contribution in [3.8, 4) is 0 Å². The molecule has 7 heteroatoms. The number of benzene rings is 2. The molecule has 0 bridgehead atoms. The summed E-state index contributed by atoms with van der Waals surface area (Å²) in [5.41, 5.74) is 10.2. The Hall–Kier alpha value is -2.50.